The minimum Gasteiger partial charge on any atom is -0.331 e. The molecule has 0 radical (unpaired) electrons. The van der Waals surface area contributed by atoms with E-state index in [0.29, 0.717) is 0 Å². The van der Waals surface area contributed by atoms with Crippen molar-refractivity contribution >= 4 is 6.08 Å². The molecule has 0 fully saturated rings. The molecule has 2 rings (SSSR count). The standard InChI is InChI=1S/C18H24N2/c1-3-20-15-19-14-18(20)13-7-5-4-6-11-17-12-9-8-10-16(17)2/h7-10,12-15H,3-6,11H2,1-2H3. The summed E-state index contributed by atoms with van der Waals surface area (Å²) in [5.74, 6) is 0. The normalized spacial score (nSPS) is 11.3. The minimum absolute atomic E-state index is 0.979. The van der Waals surface area contributed by atoms with Crippen molar-refractivity contribution < 1.29 is 0 Å². The maximum Gasteiger partial charge on any atom is 0.0950 e. The van der Waals surface area contributed by atoms with Crippen molar-refractivity contribution in [2.75, 3.05) is 0 Å². The minimum atomic E-state index is 0.979. The number of nitrogens with zero attached hydrogens (tertiary/aromatic N) is 2. The third-order valence-corrected chi connectivity index (χ3v) is 3.70. The van der Waals surface area contributed by atoms with E-state index in [1.807, 2.05) is 12.5 Å². The van der Waals surface area contributed by atoms with Crippen molar-refractivity contribution in [2.45, 2.75) is 46.1 Å². The molecule has 0 aliphatic carbocycles. The van der Waals surface area contributed by atoms with E-state index in [2.05, 4.69) is 59.8 Å². The molecule has 0 unspecified atom stereocenters. The second-order valence-corrected chi connectivity index (χ2v) is 5.18. The smallest absolute Gasteiger partial charge is 0.0950 e. The van der Waals surface area contributed by atoms with Gasteiger partial charge < -0.3 is 4.57 Å². The average molecular weight is 268 g/mol. The summed E-state index contributed by atoms with van der Waals surface area (Å²) in [6.07, 6.45) is 13.1. The number of aryl methyl sites for hydroxylation is 3. The zero-order chi connectivity index (χ0) is 14.2. The van der Waals surface area contributed by atoms with Crippen LogP contribution >= 0.6 is 0 Å². The number of hydrogen-bond donors (Lipinski definition) is 0. The van der Waals surface area contributed by atoms with E-state index in [9.17, 15) is 0 Å². The molecule has 1 aromatic heterocycles. The summed E-state index contributed by atoms with van der Waals surface area (Å²) < 4.78 is 2.16. The number of imidazole rings is 1. The lowest BCUT2D eigenvalue weighted by Gasteiger charge is -2.04. The molecule has 0 aliphatic heterocycles. The lowest BCUT2D eigenvalue weighted by Crippen LogP contribution is -1.93. The van der Waals surface area contributed by atoms with Crippen LogP contribution in [0.5, 0.6) is 0 Å². The molecule has 0 amide bonds. The topological polar surface area (TPSA) is 17.8 Å². The summed E-state index contributed by atoms with van der Waals surface area (Å²) in [5.41, 5.74) is 4.10. The Hall–Kier alpha value is -1.83. The van der Waals surface area contributed by atoms with Crippen molar-refractivity contribution in [3.05, 3.63) is 59.7 Å². The van der Waals surface area contributed by atoms with Crippen LogP contribution in [0.4, 0.5) is 0 Å². The van der Waals surface area contributed by atoms with Gasteiger partial charge in [-0.1, -0.05) is 30.3 Å². The lowest BCUT2D eigenvalue weighted by molar-refractivity contribution is 0.742. The van der Waals surface area contributed by atoms with E-state index < -0.39 is 0 Å². The van der Waals surface area contributed by atoms with E-state index in [0.717, 1.165) is 13.0 Å². The molecule has 0 aliphatic rings. The van der Waals surface area contributed by atoms with E-state index in [-0.39, 0.29) is 0 Å². The van der Waals surface area contributed by atoms with Gasteiger partial charge in [0.05, 0.1) is 18.2 Å². The third-order valence-electron chi connectivity index (χ3n) is 3.70. The van der Waals surface area contributed by atoms with Crippen molar-refractivity contribution in [1.82, 2.24) is 9.55 Å². The summed E-state index contributed by atoms with van der Waals surface area (Å²) in [5, 5.41) is 0. The van der Waals surface area contributed by atoms with Crippen molar-refractivity contribution in [3.63, 3.8) is 0 Å². The summed E-state index contributed by atoms with van der Waals surface area (Å²) >= 11 is 0. The van der Waals surface area contributed by atoms with Crippen LogP contribution in [0.3, 0.4) is 0 Å². The SMILES string of the molecule is CCn1cncc1C=CCCCCc1ccccc1C. The fraction of sp³-hybridized carbons (Fsp3) is 0.389. The molecule has 20 heavy (non-hydrogen) atoms. The highest BCUT2D eigenvalue weighted by Gasteiger charge is 1.97. The first-order valence-electron chi connectivity index (χ1n) is 7.52. The molecular weight excluding hydrogens is 244 g/mol. The van der Waals surface area contributed by atoms with Gasteiger partial charge in [-0.15, -0.1) is 0 Å². The summed E-state index contributed by atoms with van der Waals surface area (Å²) in [4.78, 5) is 4.17. The van der Waals surface area contributed by atoms with Crippen molar-refractivity contribution in [2.24, 2.45) is 0 Å². The Morgan fingerprint density at radius 2 is 2.05 bits per heavy atom. The Morgan fingerprint density at radius 3 is 2.85 bits per heavy atom. The molecule has 1 heterocycles. The Kier molecular flexibility index (Phi) is 5.60. The first-order valence-corrected chi connectivity index (χ1v) is 7.52. The highest BCUT2D eigenvalue weighted by molar-refractivity contribution is 5.43. The summed E-state index contributed by atoms with van der Waals surface area (Å²) in [7, 11) is 0. The molecule has 0 spiro atoms. The van der Waals surface area contributed by atoms with E-state index in [1.54, 1.807) is 0 Å². The zero-order valence-corrected chi connectivity index (χ0v) is 12.5. The molecule has 0 atom stereocenters. The number of hydrogen-bond acceptors (Lipinski definition) is 1. The van der Waals surface area contributed by atoms with Gasteiger partial charge in [-0.2, -0.15) is 0 Å². The molecule has 0 saturated heterocycles. The quantitative estimate of drug-likeness (QED) is 0.669. The summed E-state index contributed by atoms with van der Waals surface area (Å²) in [6, 6.07) is 8.68. The lowest BCUT2D eigenvalue weighted by atomic mass is 10.0. The van der Waals surface area contributed by atoms with Gasteiger partial charge in [0.15, 0.2) is 0 Å². The van der Waals surface area contributed by atoms with Gasteiger partial charge in [0.2, 0.25) is 0 Å². The highest BCUT2D eigenvalue weighted by Crippen LogP contribution is 2.12. The van der Waals surface area contributed by atoms with Gasteiger partial charge in [0.1, 0.15) is 0 Å². The van der Waals surface area contributed by atoms with Gasteiger partial charge in [-0.25, -0.2) is 4.98 Å². The fourth-order valence-electron chi connectivity index (χ4n) is 2.41. The number of aromatic nitrogens is 2. The Morgan fingerprint density at radius 1 is 1.20 bits per heavy atom. The first-order chi connectivity index (χ1) is 9.81. The molecule has 2 nitrogen and oxygen atoms in total. The summed E-state index contributed by atoms with van der Waals surface area (Å²) in [6.45, 7) is 5.31. The van der Waals surface area contributed by atoms with E-state index in [4.69, 9.17) is 0 Å². The second kappa shape index (κ2) is 7.68. The Balaban J connectivity index is 1.71. The zero-order valence-electron chi connectivity index (χ0n) is 12.5. The van der Waals surface area contributed by atoms with Crippen molar-refractivity contribution in [1.29, 1.82) is 0 Å². The molecule has 106 valence electrons. The number of unbranched alkanes of at least 4 members (excludes halogenated alkanes) is 2. The van der Waals surface area contributed by atoms with Crippen LogP contribution in [0.1, 0.15) is 43.0 Å². The van der Waals surface area contributed by atoms with E-state index >= 15 is 0 Å². The monoisotopic (exact) mass is 268 g/mol. The maximum atomic E-state index is 4.17. The van der Waals surface area contributed by atoms with Gasteiger partial charge in [0.25, 0.3) is 0 Å². The van der Waals surface area contributed by atoms with Crippen LogP contribution in [-0.4, -0.2) is 9.55 Å². The Bertz CT molecular complexity index is 552. The van der Waals surface area contributed by atoms with E-state index in [1.165, 1.54) is 36.1 Å². The fourth-order valence-corrected chi connectivity index (χ4v) is 2.41. The van der Waals surface area contributed by atoms with Crippen LogP contribution in [0, 0.1) is 6.92 Å². The van der Waals surface area contributed by atoms with Crippen LogP contribution in [-0.2, 0) is 13.0 Å². The predicted octanol–water partition coefficient (Wildman–Crippen LogP) is 4.64. The molecule has 0 saturated carbocycles. The molecule has 1 aromatic carbocycles. The van der Waals surface area contributed by atoms with Gasteiger partial charge >= 0.3 is 0 Å². The number of benzene rings is 1. The second-order valence-electron chi connectivity index (χ2n) is 5.18. The Labute approximate surface area is 122 Å². The predicted molar refractivity (Wildman–Crippen MR) is 85.7 cm³/mol. The molecule has 0 bridgehead atoms. The van der Waals surface area contributed by atoms with Gasteiger partial charge in [-0.3, -0.25) is 0 Å². The first kappa shape index (κ1) is 14.6. The molecule has 2 aromatic rings. The van der Waals surface area contributed by atoms with Gasteiger partial charge in [0, 0.05) is 6.54 Å². The van der Waals surface area contributed by atoms with Crippen LogP contribution < -0.4 is 0 Å². The number of allylic oxidation sites excluding steroid dienone is 1. The highest BCUT2D eigenvalue weighted by atomic mass is 15.0. The average Bonchev–Trinajstić information content (AvgIpc) is 2.92. The van der Waals surface area contributed by atoms with Crippen LogP contribution in [0.25, 0.3) is 6.08 Å². The maximum absolute atomic E-state index is 4.17. The molecule has 0 N–H and O–H groups in total. The molecular formula is C18H24N2. The third kappa shape index (κ3) is 4.09. The van der Waals surface area contributed by atoms with Crippen LogP contribution in [0.2, 0.25) is 0 Å². The van der Waals surface area contributed by atoms with Crippen LogP contribution in [0.15, 0.2) is 42.9 Å². The van der Waals surface area contributed by atoms with Crippen molar-refractivity contribution in [3.8, 4) is 0 Å². The molecule has 2 heteroatoms. The van der Waals surface area contributed by atoms with Gasteiger partial charge in [-0.05, 0) is 56.7 Å². The largest absolute Gasteiger partial charge is 0.331 e. The number of rotatable bonds is 7.